The van der Waals surface area contributed by atoms with Crippen LogP contribution in [-0.2, 0) is 4.79 Å². The van der Waals surface area contributed by atoms with Gasteiger partial charge in [-0.1, -0.05) is 53.6 Å². The van der Waals surface area contributed by atoms with Crippen LogP contribution in [0.2, 0.25) is 10.0 Å². The largest absolute Gasteiger partial charge is 0.487 e. The van der Waals surface area contributed by atoms with E-state index >= 15 is 0 Å². The van der Waals surface area contributed by atoms with Crippen LogP contribution in [0.4, 0.5) is 0 Å². The predicted molar refractivity (Wildman–Crippen MR) is 85.0 cm³/mol. The molecule has 1 aromatic carbocycles. The van der Waals surface area contributed by atoms with Crippen molar-refractivity contribution < 1.29 is 14.6 Å². The van der Waals surface area contributed by atoms with E-state index in [2.05, 4.69) is 0 Å². The van der Waals surface area contributed by atoms with Crippen LogP contribution in [0.3, 0.4) is 0 Å². The molecule has 0 amide bonds. The molecule has 0 aromatic heterocycles. The standard InChI is InChI=1S/C16H12Cl2O3/c17-13-8-12-7-11(10-21-16(12)14(18)9-13)5-3-1-2-4-6-15(19)20/h1-9H,10H2,(H,19,20)/b2-1+,5-3+,6-4+. The van der Waals surface area contributed by atoms with Gasteiger partial charge in [-0.05, 0) is 23.8 Å². The molecule has 0 unspecified atom stereocenters. The van der Waals surface area contributed by atoms with Crippen molar-refractivity contribution in [2.24, 2.45) is 0 Å². The fourth-order valence-electron chi connectivity index (χ4n) is 1.78. The third-order valence-corrected chi connectivity index (χ3v) is 3.14. The Morgan fingerprint density at radius 1 is 1.19 bits per heavy atom. The second-order valence-corrected chi connectivity index (χ2v) is 5.10. The number of ether oxygens (including phenoxy) is 1. The summed E-state index contributed by atoms with van der Waals surface area (Å²) in [6.07, 6.45) is 11.5. The molecule has 0 atom stereocenters. The van der Waals surface area contributed by atoms with Gasteiger partial charge in [0.25, 0.3) is 0 Å². The van der Waals surface area contributed by atoms with Crippen LogP contribution in [0, 0.1) is 0 Å². The lowest BCUT2D eigenvalue weighted by Crippen LogP contribution is -2.06. The molecule has 1 N–H and O–H groups in total. The third-order valence-electron chi connectivity index (χ3n) is 2.64. The molecular formula is C16H12Cl2O3. The number of hydrogen-bond acceptors (Lipinski definition) is 2. The number of hydrogen-bond donors (Lipinski definition) is 1. The van der Waals surface area contributed by atoms with Crippen molar-refractivity contribution in [3.63, 3.8) is 0 Å². The zero-order valence-corrected chi connectivity index (χ0v) is 12.4. The SMILES string of the molecule is O=C(O)/C=C/C=C/C=C/C1=Cc2cc(Cl)cc(Cl)c2OC1. The number of fused-ring (bicyclic) bond motifs is 1. The molecule has 0 radical (unpaired) electrons. The molecule has 21 heavy (non-hydrogen) atoms. The summed E-state index contributed by atoms with van der Waals surface area (Å²) in [4.78, 5) is 10.3. The first-order valence-corrected chi connectivity index (χ1v) is 6.88. The Morgan fingerprint density at radius 2 is 1.95 bits per heavy atom. The number of carboxylic acid groups (broad SMARTS) is 1. The van der Waals surface area contributed by atoms with E-state index in [1.807, 2.05) is 12.2 Å². The van der Waals surface area contributed by atoms with Crippen molar-refractivity contribution in [1.29, 1.82) is 0 Å². The minimum absolute atomic E-state index is 0.420. The first-order valence-electron chi connectivity index (χ1n) is 6.13. The zero-order chi connectivity index (χ0) is 15.2. The monoisotopic (exact) mass is 322 g/mol. The fourth-order valence-corrected chi connectivity index (χ4v) is 2.34. The van der Waals surface area contributed by atoms with Crippen LogP contribution in [0.1, 0.15) is 5.56 Å². The number of carbonyl (C=O) groups is 1. The van der Waals surface area contributed by atoms with Gasteiger partial charge in [0.15, 0.2) is 0 Å². The van der Waals surface area contributed by atoms with E-state index in [9.17, 15) is 4.79 Å². The van der Waals surface area contributed by atoms with E-state index < -0.39 is 5.97 Å². The van der Waals surface area contributed by atoms with E-state index in [1.165, 1.54) is 6.08 Å². The molecule has 3 nitrogen and oxygen atoms in total. The van der Waals surface area contributed by atoms with Crippen LogP contribution in [-0.4, -0.2) is 17.7 Å². The summed E-state index contributed by atoms with van der Waals surface area (Å²) in [6, 6.07) is 3.44. The highest BCUT2D eigenvalue weighted by molar-refractivity contribution is 6.36. The van der Waals surface area contributed by atoms with Crippen molar-refractivity contribution >= 4 is 35.2 Å². The summed E-state index contributed by atoms with van der Waals surface area (Å²) < 4.78 is 5.61. The summed E-state index contributed by atoms with van der Waals surface area (Å²) in [7, 11) is 0. The Hall–Kier alpha value is -1.97. The molecule has 1 aliphatic heterocycles. The highest BCUT2D eigenvalue weighted by Crippen LogP contribution is 2.36. The molecule has 0 fully saturated rings. The molecule has 1 heterocycles. The summed E-state index contributed by atoms with van der Waals surface area (Å²) in [5.41, 5.74) is 1.81. The van der Waals surface area contributed by atoms with E-state index in [-0.39, 0.29) is 0 Å². The maximum atomic E-state index is 10.3. The van der Waals surface area contributed by atoms with Crippen molar-refractivity contribution in [2.75, 3.05) is 6.61 Å². The number of allylic oxidation sites excluding steroid dienone is 4. The van der Waals surface area contributed by atoms with E-state index in [0.29, 0.717) is 22.4 Å². The minimum Gasteiger partial charge on any atom is -0.487 e. The van der Waals surface area contributed by atoms with Crippen LogP contribution < -0.4 is 4.74 Å². The quantitative estimate of drug-likeness (QED) is 0.654. The molecule has 0 spiro atoms. The molecule has 5 heteroatoms. The lowest BCUT2D eigenvalue weighted by atomic mass is 10.1. The third kappa shape index (κ3) is 4.52. The lowest BCUT2D eigenvalue weighted by Gasteiger charge is -2.17. The van der Waals surface area contributed by atoms with Gasteiger partial charge in [0.2, 0.25) is 0 Å². The molecule has 108 valence electrons. The van der Waals surface area contributed by atoms with E-state index in [4.69, 9.17) is 33.0 Å². The molecule has 0 bridgehead atoms. The van der Waals surface area contributed by atoms with Crippen LogP contribution in [0.15, 0.2) is 54.2 Å². The molecule has 0 saturated heterocycles. The minimum atomic E-state index is -0.975. The maximum Gasteiger partial charge on any atom is 0.328 e. The van der Waals surface area contributed by atoms with Gasteiger partial charge >= 0.3 is 5.97 Å². The van der Waals surface area contributed by atoms with Crippen LogP contribution >= 0.6 is 23.2 Å². The molecule has 1 aliphatic rings. The molecule has 2 rings (SSSR count). The number of halogens is 2. The van der Waals surface area contributed by atoms with Gasteiger partial charge in [0.05, 0.1) is 5.02 Å². The molecular weight excluding hydrogens is 311 g/mol. The number of aliphatic carboxylic acids is 1. The second kappa shape index (κ2) is 7.16. The maximum absolute atomic E-state index is 10.3. The smallest absolute Gasteiger partial charge is 0.328 e. The van der Waals surface area contributed by atoms with Crippen molar-refractivity contribution in [3.8, 4) is 5.75 Å². The van der Waals surface area contributed by atoms with Gasteiger partial charge in [-0.15, -0.1) is 0 Å². The predicted octanol–water partition coefficient (Wildman–Crippen LogP) is 4.52. The Kier molecular flexibility index (Phi) is 5.26. The Balaban J connectivity index is 2.09. The highest BCUT2D eigenvalue weighted by Gasteiger charge is 2.14. The van der Waals surface area contributed by atoms with Gasteiger partial charge in [-0.2, -0.15) is 0 Å². The highest BCUT2D eigenvalue weighted by atomic mass is 35.5. The Labute approximate surface area is 132 Å². The summed E-state index contributed by atoms with van der Waals surface area (Å²) in [6.45, 7) is 0.420. The molecule has 0 aliphatic carbocycles. The summed E-state index contributed by atoms with van der Waals surface area (Å²) in [5.74, 6) is -0.337. The van der Waals surface area contributed by atoms with Gasteiger partial charge in [-0.25, -0.2) is 4.79 Å². The zero-order valence-electron chi connectivity index (χ0n) is 10.9. The lowest BCUT2D eigenvalue weighted by molar-refractivity contribution is -0.131. The number of carboxylic acids is 1. The second-order valence-electron chi connectivity index (χ2n) is 4.26. The topological polar surface area (TPSA) is 46.5 Å². The van der Waals surface area contributed by atoms with Gasteiger partial charge in [-0.3, -0.25) is 0 Å². The van der Waals surface area contributed by atoms with Gasteiger partial charge in [0.1, 0.15) is 12.4 Å². The normalized spacial score (nSPS) is 14.5. The average Bonchev–Trinajstić information content (AvgIpc) is 2.41. The Bertz CT molecular complexity index is 670. The first-order chi connectivity index (χ1) is 10.1. The van der Waals surface area contributed by atoms with E-state index in [0.717, 1.165) is 17.2 Å². The number of rotatable bonds is 4. The van der Waals surface area contributed by atoms with Crippen LogP contribution in [0.25, 0.3) is 6.08 Å². The Morgan fingerprint density at radius 3 is 2.71 bits per heavy atom. The van der Waals surface area contributed by atoms with Crippen LogP contribution in [0.5, 0.6) is 5.75 Å². The average molecular weight is 323 g/mol. The van der Waals surface area contributed by atoms with E-state index in [1.54, 1.807) is 30.4 Å². The van der Waals surface area contributed by atoms with Gasteiger partial charge in [0, 0.05) is 16.7 Å². The number of benzene rings is 1. The van der Waals surface area contributed by atoms with Crippen molar-refractivity contribution in [1.82, 2.24) is 0 Å². The van der Waals surface area contributed by atoms with Crippen molar-refractivity contribution in [3.05, 3.63) is 69.8 Å². The summed E-state index contributed by atoms with van der Waals surface area (Å²) >= 11 is 12.0. The first kappa shape index (κ1) is 15.4. The van der Waals surface area contributed by atoms with Gasteiger partial charge < -0.3 is 9.84 Å². The molecule has 0 saturated carbocycles. The molecule has 1 aromatic rings. The fraction of sp³-hybridized carbons (Fsp3) is 0.0625. The summed E-state index contributed by atoms with van der Waals surface area (Å²) in [5, 5.41) is 9.48. The van der Waals surface area contributed by atoms with Crippen molar-refractivity contribution in [2.45, 2.75) is 0 Å².